The summed E-state index contributed by atoms with van der Waals surface area (Å²) in [5.41, 5.74) is 2.28. The van der Waals surface area contributed by atoms with Crippen molar-refractivity contribution in [3.63, 3.8) is 0 Å². The Hall–Kier alpha value is -0.310. The van der Waals surface area contributed by atoms with E-state index in [-0.39, 0.29) is 11.7 Å². The summed E-state index contributed by atoms with van der Waals surface area (Å²) in [6, 6.07) is 0. The Balaban J connectivity index is 2.28. The first-order chi connectivity index (χ1) is 7.09. The third-order valence-corrected chi connectivity index (χ3v) is 2.99. The number of hydrogen-bond donors (Lipinski definition) is 0. The highest BCUT2D eigenvalue weighted by Crippen LogP contribution is 2.18. The van der Waals surface area contributed by atoms with E-state index in [1.165, 1.54) is 5.57 Å². The first kappa shape index (κ1) is 12.8. The first-order valence-electron chi connectivity index (χ1n) is 5.29. The number of hydrogen-bond acceptors (Lipinski definition) is 2. The van der Waals surface area contributed by atoms with Gasteiger partial charge >= 0.3 is 0 Å². The van der Waals surface area contributed by atoms with Gasteiger partial charge in [-0.1, -0.05) is 17.7 Å². The van der Waals surface area contributed by atoms with Crippen molar-refractivity contribution in [2.45, 2.75) is 38.4 Å². The van der Waals surface area contributed by atoms with Crippen LogP contribution < -0.4 is 0 Å². The summed E-state index contributed by atoms with van der Waals surface area (Å²) in [7, 11) is 0. The Morgan fingerprint density at radius 3 is 2.60 bits per heavy atom. The maximum absolute atomic E-state index is 6.09. The molecule has 0 N–H and O–H groups in total. The van der Waals surface area contributed by atoms with Crippen molar-refractivity contribution in [2.24, 2.45) is 0 Å². The molecule has 1 aliphatic rings. The van der Waals surface area contributed by atoms with Crippen molar-refractivity contribution < 1.29 is 9.47 Å². The summed E-state index contributed by atoms with van der Waals surface area (Å²) < 4.78 is 10.7. The fourth-order valence-corrected chi connectivity index (χ4v) is 1.50. The molecule has 3 heteroatoms. The topological polar surface area (TPSA) is 18.5 Å². The maximum Gasteiger partial charge on any atom is 0.177 e. The number of allylic oxidation sites excluding steroid dienone is 2. The molecule has 1 rings (SSSR count). The van der Waals surface area contributed by atoms with Gasteiger partial charge in [0.15, 0.2) is 6.29 Å². The molecule has 2 nitrogen and oxygen atoms in total. The van der Waals surface area contributed by atoms with E-state index >= 15 is 0 Å². The van der Waals surface area contributed by atoms with Crippen LogP contribution in [-0.2, 0) is 9.47 Å². The van der Waals surface area contributed by atoms with E-state index in [9.17, 15) is 0 Å². The molecule has 1 unspecified atom stereocenters. The minimum absolute atomic E-state index is 0.0683. The van der Waals surface area contributed by atoms with Crippen molar-refractivity contribution in [3.05, 3.63) is 23.8 Å². The second-order valence-corrected chi connectivity index (χ2v) is 4.50. The SMILES string of the molecule is C=C(C)C(Cl)CC/C(C)=C/C1OCCO1. The van der Waals surface area contributed by atoms with Crippen LogP contribution >= 0.6 is 11.6 Å². The Labute approximate surface area is 96.9 Å². The second kappa shape index (κ2) is 6.31. The molecule has 1 fully saturated rings. The van der Waals surface area contributed by atoms with Crippen LogP contribution in [0.1, 0.15) is 26.7 Å². The van der Waals surface area contributed by atoms with Gasteiger partial charge in [0.05, 0.1) is 18.6 Å². The van der Waals surface area contributed by atoms with Crippen molar-refractivity contribution in [2.75, 3.05) is 13.2 Å². The van der Waals surface area contributed by atoms with Crippen LogP contribution in [-0.4, -0.2) is 24.9 Å². The zero-order valence-corrected chi connectivity index (χ0v) is 10.2. The number of ether oxygens (including phenoxy) is 2. The number of halogens is 1. The Morgan fingerprint density at radius 1 is 1.47 bits per heavy atom. The molecular formula is C12H19ClO2. The average molecular weight is 231 g/mol. The van der Waals surface area contributed by atoms with Crippen LogP contribution in [0.5, 0.6) is 0 Å². The van der Waals surface area contributed by atoms with E-state index in [0.29, 0.717) is 13.2 Å². The molecule has 1 aliphatic heterocycles. The maximum atomic E-state index is 6.09. The van der Waals surface area contributed by atoms with Crippen LogP contribution in [0.3, 0.4) is 0 Å². The smallest absolute Gasteiger partial charge is 0.177 e. The van der Waals surface area contributed by atoms with Crippen LogP contribution in [0.4, 0.5) is 0 Å². The highest BCUT2D eigenvalue weighted by Gasteiger charge is 2.13. The summed E-state index contributed by atoms with van der Waals surface area (Å²) in [5, 5.41) is 0.0683. The normalized spacial score (nSPS) is 20.6. The van der Waals surface area contributed by atoms with E-state index in [1.807, 2.05) is 13.0 Å². The zero-order valence-electron chi connectivity index (χ0n) is 9.46. The molecule has 1 saturated heterocycles. The van der Waals surface area contributed by atoms with E-state index < -0.39 is 0 Å². The fraction of sp³-hybridized carbons (Fsp3) is 0.667. The Morgan fingerprint density at radius 2 is 2.07 bits per heavy atom. The lowest BCUT2D eigenvalue weighted by Crippen LogP contribution is -2.05. The lowest BCUT2D eigenvalue weighted by molar-refractivity contribution is -0.00224. The zero-order chi connectivity index (χ0) is 11.3. The quantitative estimate of drug-likeness (QED) is 0.533. The van der Waals surface area contributed by atoms with Gasteiger partial charge in [-0.15, -0.1) is 11.6 Å². The second-order valence-electron chi connectivity index (χ2n) is 3.98. The van der Waals surface area contributed by atoms with E-state index in [4.69, 9.17) is 21.1 Å². The highest BCUT2D eigenvalue weighted by molar-refractivity contribution is 6.22. The number of alkyl halides is 1. The molecule has 0 aromatic rings. The molecule has 0 radical (unpaired) electrons. The largest absolute Gasteiger partial charge is 0.347 e. The number of rotatable bonds is 5. The molecule has 0 bridgehead atoms. The van der Waals surface area contributed by atoms with Crippen LogP contribution in [0.15, 0.2) is 23.8 Å². The van der Waals surface area contributed by atoms with Crippen LogP contribution in [0, 0.1) is 0 Å². The van der Waals surface area contributed by atoms with Crippen molar-refractivity contribution >= 4 is 11.6 Å². The van der Waals surface area contributed by atoms with Crippen LogP contribution in [0.25, 0.3) is 0 Å². The minimum Gasteiger partial charge on any atom is -0.347 e. The van der Waals surface area contributed by atoms with Gasteiger partial charge in [0, 0.05) is 0 Å². The van der Waals surface area contributed by atoms with Crippen LogP contribution in [0.2, 0.25) is 0 Å². The third-order valence-electron chi connectivity index (χ3n) is 2.40. The van der Waals surface area contributed by atoms with Gasteiger partial charge in [0.1, 0.15) is 0 Å². The van der Waals surface area contributed by atoms with Gasteiger partial charge in [0.25, 0.3) is 0 Å². The van der Waals surface area contributed by atoms with Gasteiger partial charge in [-0.05, 0) is 32.8 Å². The lowest BCUT2D eigenvalue weighted by Gasteiger charge is -2.10. The van der Waals surface area contributed by atoms with E-state index in [1.54, 1.807) is 0 Å². The van der Waals surface area contributed by atoms with Gasteiger partial charge in [0.2, 0.25) is 0 Å². The molecule has 0 spiro atoms. The van der Waals surface area contributed by atoms with Gasteiger partial charge < -0.3 is 9.47 Å². The molecule has 0 saturated carbocycles. The van der Waals surface area contributed by atoms with Crippen molar-refractivity contribution in [1.82, 2.24) is 0 Å². The molecule has 0 aromatic carbocycles. The van der Waals surface area contributed by atoms with Gasteiger partial charge in [-0.2, -0.15) is 0 Å². The summed E-state index contributed by atoms with van der Waals surface area (Å²) in [5.74, 6) is 0. The molecule has 1 atom stereocenters. The van der Waals surface area contributed by atoms with Gasteiger partial charge in [-0.3, -0.25) is 0 Å². The molecule has 0 aliphatic carbocycles. The van der Waals surface area contributed by atoms with E-state index in [0.717, 1.165) is 18.4 Å². The third kappa shape index (κ3) is 4.83. The summed E-state index contributed by atoms with van der Waals surface area (Å²) in [4.78, 5) is 0. The van der Waals surface area contributed by atoms with Crippen molar-refractivity contribution in [3.8, 4) is 0 Å². The Kier molecular flexibility index (Phi) is 5.37. The standard InChI is InChI=1S/C12H19ClO2/c1-9(2)11(13)5-4-10(3)8-12-14-6-7-15-12/h8,11-12H,1,4-7H2,2-3H3/b10-8+. The summed E-state index contributed by atoms with van der Waals surface area (Å²) >= 11 is 6.09. The minimum atomic E-state index is -0.149. The highest BCUT2D eigenvalue weighted by atomic mass is 35.5. The molecular weight excluding hydrogens is 212 g/mol. The van der Waals surface area contributed by atoms with E-state index in [2.05, 4.69) is 13.5 Å². The average Bonchev–Trinajstić information content (AvgIpc) is 2.66. The fourth-order valence-electron chi connectivity index (χ4n) is 1.39. The molecule has 0 amide bonds. The predicted octanol–water partition coefficient (Wildman–Crippen LogP) is 3.27. The molecule has 1 heterocycles. The van der Waals surface area contributed by atoms with Crippen molar-refractivity contribution in [1.29, 1.82) is 0 Å². The Bertz CT molecular complexity index is 242. The molecule has 15 heavy (non-hydrogen) atoms. The predicted molar refractivity (Wildman–Crippen MR) is 63.1 cm³/mol. The summed E-state index contributed by atoms with van der Waals surface area (Å²) in [6.45, 7) is 9.26. The van der Waals surface area contributed by atoms with Gasteiger partial charge in [-0.25, -0.2) is 0 Å². The summed E-state index contributed by atoms with van der Waals surface area (Å²) in [6.07, 6.45) is 3.76. The molecule has 86 valence electrons. The molecule has 0 aromatic heterocycles. The first-order valence-corrected chi connectivity index (χ1v) is 5.73. The monoisotopic (exact) mass is 230 g/mol. The lowest BCUT2D eigenvalue weighted by atomic mass is 10.1.